The molecule has 140 valence electrons. The first-order valence-corrected chi connectivity index (χ1v) is 8.53. The predicted molar refractivity (Wildman–Crippen MR) is 105 cm³/mol. The normalized spacial score (nSPS) is 10.0. The van der Waals surface area contributed by atoms with Gasteiger partial charge in [0.15, 0.2) is 0 Å². The Kier molecular flexibility index (Phi) is 5.81. The number of carbonyl (C=O) groups excluding carboxylic acids is 3. The number of hydrazine groups is 1. The molecule has 0 atom stereocenters. The predicted octanol–water partition coefficient (Wildman–Crippen LogP) is 3.22. The van der Waals surface area contributed by atoms with Crippen LogP contribution >= 0.6 is 0 Å². The molecule has 0 unspecified atom stereocenters. The van der Waals surface area contributed by atoms with Gasteiger partial charge in [-0.3, -0.25) is 20.4 Å². The second kappa shape index (κ2) is 8.64. The van der Waals surface area contributed by atoms with Crippen LogP contribution in [-0.4, -0.2) is 24.9 Å². The molecular weight excluding hydrogens is 356 g/mol. The molecule has 2 amide bonds. The summed E-state index contributed by atoms with van der Waals surface area (Å²) in [6, 6.07) is 22.9. The zero-order valence-corrected chi connectivity index (χ0v) is 15.1. The summed E-state index contributed by atoms with van der Waals surface area (Å²) in [5.74, 6) is -1.53. The molecule has 0 fully saturated rings. The van der Waals surface area contributed by atoms with E-state index < -0.39 is 17.8 Å². The topological polar surface area (TPSA) is 84.5 Å². The Labute approximate surface area is 162 Å². The summed E-state index contributed by atoms with van der Waals surface area (Å²) < 4.78 is 4.63. The van der Waals surface area contributed by atoms with Gasteiger partial charge in [-0.1, -0.05) is 48.5 Å². The van der Waals surface area contributed by atoms with Crippen LogP contribution in [0.1, 0.15) is 31.1 Å². The van der Waals surface area contributed by atoms with Crippen molar-refractivity contribution in [1.29, 1.82) is 0 Å². The van der Waals surface area contributed by atoms with E-state index in [-0.39, 0.29) is 11.1 Å². The summed E-state index contributed by atoms with van der Waals surface area (Å²) in [4.78, 5) is 36.0. The van der Waals surface area contributed by atoms with E-state index >= 15 is 0 Å². The lowest BCUT2D eigenvalue weighted by atomic mass is 10.0. The lowest BCUT2D eigenvalue weighted by molar-refractivity contribution is 0.0600. The fourth-order valence-corrected chi connectivity index (χ4v) is 2.61. The maximum Gasteiger partial charge on any atom is 0.337 e. The first kappa shape index (κ1) is 18.8. The molecular formula is C22H18N2O4. The molecule has 0 spiro atoms. The van der Waals surface area contributed by atoms with Crippen LogP contribution in [0.5, 0.6) is 0 Å². The molecule has 28 heavy (non-hydrogen) atoms. The highest BCUT2D eigenvalue weighted by atomic mass is 16.5. The van der Waals surface area contributed by atoms with E-state index in [1.54, 1.807) is 18.2 Å². The minimum atomic E-state index is -0.544. The maximum atomic E-state index is 12.2. The molecule has 3 aromatic rings. The van der Waals surface area contributed by atoms with Crippen molar-refractivity contribution in [3.63, 3.8) is 0 Å². The Morgan fingerprint density at radius 3 is 1.86 bits per heavy atom. The fraction of sp³-hybridized carbons (Fsp3) is 0.0455. The highest BCUT2D eigenvalue weighted by Crippen LogP contribution is 2.19. The van der Waals surface area contributed by atoms with E-state index in [1.807, 2.05) is 42.5 Å². The van der Waals surface area contributed by atoms with Gasteiger partial charge in [-0.15, -0.1) is 0 Å². The third kappa shape index (κ3) is 4.42. The summed E-state index contributed by atoms with van der Waals surface area (Å²) in [6.45, 7) is 0. The number of esters is 1. The maximum absolute atomic E-state index is 12.2. The van der Waals surface area contributed by atoms with Crippen molar-refractivity contribution in [3.05, 3.63) is 95.6 Å². The molecule has 0 aromatic heterocycles. The number of ether oxygens (including phenoxy) is 1. The Balaban J connectivity index is 1.62. The third-order valence-corrected chi connectivity index (χ3v) is 4.09. The van der Waals surface area contributed by atoms with Gasteiger partial charge in [0.1, 0.15) is 0 Å². The zero-order valence-electron chi connectivity index (χ0n) is 15.1. The number of carbonyl (C=O) groups is 3. The first-order chi connectivity index (χ1) is 13.6. The molecule has 6 heteroatoms. The Bertz CT molecular complexity index is 999. The summed E-state index contributed by atoms with van der Waals surface area (Å²) >= 11 is 0. The van der Waals surface area contributed by atoms with Crippen molar-refractivity contribution in [1.82, 2.24) is 10.9 Å². The lowest BCUT2D eigenvalue weighted by Crippen LogP contribution is -2.41. The van der Waals surface area contributed by atoms with Crippen LogP contribution in [0, 0.1) is 0 Å². The van der Waals surface area contributed by atoms with E-state index in [0.29, 0.717) is 5.56 Å². The van der Waals surface area contributed by atoms with Crippen LogP contribution in [0.4, 0.5) is 0 Å². The fourth-order valence-electron chi connectivity index (χ4n) is 2.61. The highest BCUT2D eigenvalue weighted by molar-refractivity contribution is 6.00. The summed E-state index contributed by atoms with van der Waals surface area (Å²) in [5, 5.41) is 0. The molecule has 6 nitrogen and oxygen atoms in total. The average Bonchev–Trinajstić information content (AvgIpc) is 2.77. The second-order valence-corrected chi connectivity index (χ2v) is 5.92. The van der Waals surface area contributed by atoms with E-state index in [0.717, 1.165) is 11.1 Å². The van der Waals surface area contributed by atoms with Gasteiger partial charge in [-0.25, -0.2) is 4.79 Å². The number of hydrogen-bond donors (Lipinski definition) is 2. The number of hydrogen-bond acceptors (Lipinski definition) is 4. The number of benzene rings is 3. The van der Waals surface area contributed by atoms with Crippen LogP contribution in [0.3, 0.4) is 0 Å². The van der Waals surface area contributed by atoms with Crippen molar-refractivity contribution in [2.24, 2.45) is 0 Å². The molecule has 0 radical (unpaired) electrons. The van der Waals surface area contributed by atoms with E-state index in [2.05, 4.69) is 15.6 Å². The monoisotopic (exact) mass is 374 g/mol. The minimum absolute atomic E-state index is 0.225. The Hall–Kier alpha value is -3.93. The summed E-state index contributed by atoms with van der Waals surface area (Å²) in [7, 11) is 1.26. The minimum Gasteiger partial charge on any atom is -0.465 e. The molecule has 0 heterocycles. The smallest absolute Gasteiger partial charge is 0.337 e. The van der Waals surface area contributed by atoms with Gasteiger partial charge in [0.05, 0.1) is 12.7 Å². The van der Waals surface area contributed by atoms with Crippen LogP contribution in [0.15, 0.2) is 78.9 Å². The van der Waals surface area contributed by atoms with Crippen molar-refractivity contribution < 1.29 is 19.1 Å². The Morgan fingerprint density at radius 2 is 1.21 bits per heavy atom. The molecule has 0 bridgehead atoms. The standard InChI is InChI=1S/C22H18N2O4/c1-28-22(27)19-9-5-8-18(14-19)21(26)24-23-20(25)17-12-10-16(11-13-17)15-6-3-2-4-7-15/h2-14H,1H3,(H,23,25)(H,24,26). The van der Waals surface area contributed by atoms with E-state index in [1.165, 1.54) is 25.3 Å². The molecule has 3 aromatic carbocycles. The van der Waals surface area contributed by atoms with Crippen LogP contribution in [0.25, 0.3) is 11.1 Å². The molecule has 2 N–H and O–H groups in total. The molecule has 0 aliphatic carbocycles. The zero-order chi connectivity index (χ0) is 19.9. The van der Waals surface area contributed by atoms with Gasteiger partial charge in [-0.2, -0.15) is 0 Å². The number of methoxy groups -OCH3 is 1. The van der Waals surface area contributed by atoms with Crippen LogP contribution in [0.2, 0.25) is 0 Å². The highest BCUT2D eigenvalue weighted by Gasteiger charge is 2.12. The molecule has 0 saturated carbocycles. The van der Waals surface area contributed by atoms with Crippen molar-refractivity contribution in [3.8, 4) is 11.1 Å². The average molecular weight is 374 g/mol. The lowest BCUT2D eigenvalue weighted by Gasteiger charge is -2.09. The molecule has 3 rings (SSSR count). The van der Waals surface area contributed by atoms with Gasteiger partial charge in [0.2, 0.25) is 0 Å². The second-order valence-electron chi connectivity index (χ2n) is 5.92. The summed E-state index contributed by atoms with van der Waals surface area (Å²) in [6.07, 6.45) is 0. The van der Waals surface area contributed by atoms with E-state index in [4.69, 9.17) is 0 Å². The van der Waals surface area contributed by atoms with Gasteiger partial charge in [0.25, 0.3) is 11.8 Å². The first-order valence-electron chi connectivity index (χ1n) is 8.53. The summed E-state index contributed by atoms with van der Waals surface area (Å²) in [5.41, 5.74) is 7.62. The van der Waals surface area contributed by atoms with Gasteiger partial charge in [0, 0.05) is 11.1 Å². The Morgan fingerprint density at radius 1 is 0.643 bits per heavy atom. The number of amides is 2. The van der Waals surface area contributed by atoms with E-state index in [9.17, 15) is 14.4 Å². The van der Waals surface area contributed by atoms with Crippen molar-refractivity contribution >= 4 is 17.8 Å². The number of rotatable bonds is 4. The van der Waals surface area contributed by atoms with Gasteiger partial charge in [-0.05, 0) is 41.5 Å². The molecule has 0 saturated heterocycles. The quantitative estimate of drug-likeness (QED) is 0.542. The van der Waals surface area contributed by atoms with Gasteiger partial charge >= 0.3 is 5.97 Å². The van der Waals surface area contributed by atoms with Gasteiger partial charge < -0.3 is 4.74 Å². The SMILES string of the molecule is COC(=O)c1cccc(C(=O)NNC(=O)c2ccc(-c3ccccc3)cc2)c1. The van der Waals surface area contributed by atoms with Crippen molar-refractivity contribution in [2.45, 2.75) is 0 Å². The third-order valence-electron chi connectivity index (χ3n) is 4.09. The van der Waals surface area contributed by atoms with Crippen molar-refractivity contribution in [2.75, 3.05) is 7.11 Å². The molecule has 0 aliphatic heterocycles. The largest absolute Gasteiger partial charge is 0.465 e. The number of nitrogens with one attached hydrogen (secondary N) is 2. The van der Waals surface area contributed by atoms with Crippen LogP contribution in [-0.2, 0) is 4.74 Å². The molecule has 0 aliphatic rings. The van der Waals surface area contributed by atoms with Crippen LogP contribution < -0.4 is 10.9 Å².